The highest BCUT2D eigenvalue weighted by molar-refractivity contribution is 7.99. The van der Waals surface area contributed by atoms with Crippen LogP contribution in [0.3, 0.4) is 0 Å². The van der Waals surface area contributed by atoms with Crippen LogP contribution in [0.25, 0.3) is 0 Å². The molecule has 0 spiro atoms. The summed E-state index contributed by atoms with van der Waals surface area (Å²) in [5.41, 5.74) is 1.08. The quantitative estimate of drug-likeness (QED) is 0.0652. The topological polar surface area (TPSA) is 116 Å². The van der Waals surface area contributed by atoms with Crippen molar-refractivity contribution in [3.63, 3.8) is 0 Å². The second-order valence-electron chi connectivity index (χ2n) is 16.1. The van der Waals surface area contributed by atoms with E-state index in [2.05, 4.69) is 40.4 Å². The predicted molar refractivity (Wildman–Crippen MR) is 250 cm³/mol. The van der Waals surface area contributed by atoms with Gasteiger partial charge in [0.15, 0.2) is 0 Å². The fourth-order valence-corrected chi connectivity index (χ4v) is 10.7. The molecule has 0 amide bonds. The Kier molecular flexibility index (Phi) is 14.4. The predicted octanol–water partition coefficient (Wildman–Crippen LogP) is 11.6. The van der Waals surface area contributed by atoms with Gasteiger partial charge in [0.05, 0.1) is 0 Å². The normalized spacial score (nSPS) is 14.1. The highest BCUT2D eigenvalue weighted by Gasteiger charge is 2.37. The van der Waals surface area contributed by atoms with E-state index < -0.39 is 37.8 Å². The van der Waals surface area contributed by atoms with Crippen LogP contribution in [0.5, 0.6) is 0 Å². The Bertz CT molecular complexity index is 2780. The number of rotatable bonds is 13. The summed E-state index contributed by atoms with van der Waals surface area (Å²) in [6.07, 6.45) is -7.89. The standard InChI is InChI=1S/C44H43ClF6N8O2P2S2/c1-58-18-20-59(21-19-58)37-16-9-31(55-42-53-25-35(43(46,47)48)39(56-42)64-34-14-12-33(13-15-34)63(4,5)61)24-27(37)22-28-23-29(45)6-17-38(28)65-40-36(44(49,50)51)26-52-41(57-40)54-30-7-10-32(11-8-30)62(2,3)60/h6-17,23-26H,18-22H2,1-5H3,(H,52,54,57)(H,53,55,56). The van der Waals surface area contributed by atoms with E-state index in [0.717, 1.165) is 60.3 Å². The van der Waals surface area contributed by atoms with Crippen molar-refractivity contribution in [1.82, 2.24) is 24.8 Å². The highest BCUT2D eigenvalue weighted by atomic mass is 35.5. The van der Waals surface area contributed by atoms with Gasteiger partial charge in [-0.1, -0.05) is 47.3 Å². The molecular weight excluding hydrogens is 948 g/mol. The lowest BCUT2D eigenvalue weighted by Crippen LogP contribution is -2.44. The van der Waals surface area contributed by atoms with Crippen LogP contribution in [0.15, 0.2) is 117 Å². The molecule has 1 saturated heterocycles. The van der Waals surface area contributed by atoms with Crippen LogP contribution in [0.2, 0.25) is 5.02 Å². The second-order valence-corrected chi connectivity index (χ2v) is 25.0. The summed E-state index contributed by atoms with van der Waals surface area (Å²) in [5.74, 6) is -0.175. The number of hydrogen-bond acceptors (Lipinski definition) is 12. The Balaban J connectivity index is 1.22. The van der Waals surface area contributed by atoms with Crippen molar-refractivity contribution in [2.45, 2.75) is 38.6 Å². The van der Waals surface area contributed by atoms with Crippen LogP contribution in [0, 0.1) is 0 Å². The first-order valence-electron chi connectivity index (χ1n) is 19.9. The van der Waals surface area contributed by atoms with Crippen LogP contribution in [0.1, 0.15) is 22.3 Å². The zero-order valence-corrected chi connectivity index (χ0v) is 39.8. The summed E-state index contributed by atoms with van der Waals surface area (Å²) in [6.45, 7) is 9.44. The third-order valence-corrected chi connectivity index (χ3v) is 15.8. The largest absolute Gasteiger partial charge is 0.420 e. The first kappa shape index (κ1) is 48.4. The smallest absolute Gasteiger partial charge is 0.369 e. The monoisotopic (exact) mass is 990 g/mol. The molecule has 2 aromatic heterocycles. The van der Waals surface area contributed by atoms with Crippen molar-refractivity contribution < 1.29 is 35.5 Å². The summed E-state index contributed by atoms with van der Waals surface area (Å²) in [5, 5.41) is 6.92. The van der Waals surface area contributed by atoms with Gasteiger partial charge in [-0.2, -0.15) is 26.3 Å². The van der Waals surface area contributed by atoms with E-state index >= 15 is 0 Å². The van der Waals surface area contributed by atoms with Gasteiger partial charge in [-0.3, -0.25) is 0 Å². The lowest BCUT2D eigenvalue weighted by atomic mass is 10.0. The molecule has 4 aromatic carbocycles. The molecule has 7 rings (SSSR count). The number of nitrogens with one attached hydrogen (secondary N) is 2. The van der Waals surface area contributed by atoms with E-state index in [9.17, 15) is 35.5 Å². The first-order valence-corrected chi connectivity index (χ1v) is 27.2. The summed E-state index contributed by atoms with van der Waals surface area (Å²) < 4.78 is 111. The Morgan fingerprint density at radius 1 is 0.646 bits per heavy atom. The molecule has 6 aromatic rings. The molecule has 0 aliphatic carbocycles. The van der Waals surface area contributed by atoms with E-state index in [4.69, 9.17) is 11.6 Å². The number of halogens is 7. The minimum atomic E-state index is -4.79. The second kappa shape index (κ2) is 19.3. The number of nitrogens with zero attached hydrogens (tertiary/aromatic N) is 6. The molecular formula is C44H43ClF6N8O2P2S2. The van der Waals surface area contributed by atoms with Gasteiger partial charge in [0, 0.05) is 87.5 Å². The zero-order chi connectivity index (χ0) is 46.9. The van der Waals surface area contributed by atoms with Gasteiger partial charge in [-0.15, -0.1) is 0 Å². The molecule has 0 saturated carbocycles. The molecule has 0 unspecified atom stereocenters. The average molecular weight is 991 g/mol. The maximum absolute atomic E-state index is 14.5. The molecule has 342 valence electrons. The molecule has 1 aliphatic rings. The van der Waals surface area contributed by atoms with E-state index in [1.165, 1.54) is 0 Å². The fourth-order valence-electron chi connectivity index (χ4n) is 6.80. The van der Waals surface area contributed by atoms with Crippen LogP contribution >= 0.6 is 49.4 Å². The van der Waals surface area contributed by atoms with Gasteiger partial charge < -0.3 is 29.6 Å². The molecule has 0 atom stereocenters. The number of piperazine rings is 1. The number of benzene rings is 4. The SMILES string of the molecule is CN1CCN(c2ccc(Nc3ncc(C(F)(F)F)c(Sc4ccc(P(C)(C)=O)cc4)n3)cc2Cc2cc(Cl)ccc2Sc2nc(Nc3ccc(P(C)(C)=O)cc3)ncc2C(F)(F)F)CC1. The van der Waals surface area contributed by atoms with Crippen molar-refractivity contribution >= 4 is 89.0 Å². The van der Waals surface area contributed by atoms with Crippen molar-refractivity contribution in [3.05, 3.63) is 125 Å². The van der Waals surface area contributed by atoms with Crippen molar-refractivity contribution in [2.24, 2.45) is 0 Å². The molecule has 10 nitrogen and oxygen atoms in total. The number of aromatic nitrogens is 4. The third-order valence-electron chi connectivity index (χ3n) is 10.3. The summed E-state index contributed by atoms with van der Waals surface area (Å²) in [4.78, 5) is 21.9. The average Bonchev–Trinajstić information content (AvgIpc) is 3.21. The van der Waals surface area contributed by atoms with E-state index in [1.807, 2.05) is 19.2 Å². The third kappa shape index (κ3) is 12.5. The van der Waals surface area contributed by atoms with E-state index in [-0.39, 0.29) is 28.4 Å². The minimum Gasteiger partial charge on any atom is -0.369 e. The lowest BCUT2D eigenvalue weighted by molar-refractivity contribution is -0.141. The molecule has 0 radical (unpaired) electrons. The first-order chi connectivity index (χ1) is 30.5. The van der Waals surface area contributed by atoms with Crippen LogP contribution in [0.4, 0.5) is 55.3 Å². The zero-order valence-electron chi connectivity index (χ0n) is 35.6. The van der Waals surface area contributed by atoms with Gasteiger partial charge in [0.1, 0.15) is 35.5 Å². The maximum atomic E-state index is 14.5. The van der Waals surface area contributed by atoms with E-state index in [1.54, 1.807) is 99.5 Å². The number of alkyl halides is 6. The molecule has 2 N–H and O–H groups in total. The fraction of sp³-hybridized carbons (Fsp3) is 0.273. The number of likely N-dealkylation sites (N-methyl/N-ethyl adjacent to an activating group) is 1. The number of hydrogen-bond donors (Lipinski definition) is 2. The van der Waals surface area contributed by atoms with Gasteiger partial charge in [-0.25, -0.2) is 19.9 Å². The molecule has 1 fully saturated rings. The van der Waals surface area contributed by atoms with Gasteiger partial charge >= 0.3 is 12.4 Å². The lowest BCUT2D eigenvalue weighted by Gasteiger charge is -2.35. The summed E-state index contributed by atoms with van der Waals surface area (Å²) >= 11 is 8.16. The summed E-state index contributed by atoms with van der Waals surface area (Å²) in [6, 6.07) is 23.5. The van der Waals surface area contributed by atoms with Crippen molar-refractivity contribution in [1.29, 1.82) is 0 Å². The maximum Gasteiger partial charge on any atom is 0.420 e. The van der Waals surface area contributed by atoms with Gasteiger partial charge in [0.25, 0.3) is 0 Å². The van der Waals surface area contributed by atoms with Crippen molar-refractivity contribution in [3.8, 4) is 0 Å². The molecule has 1 aliphatic heterocycles. The Morgan fingerprint density at radius 3 is 1.69 bits per heavy atom. The minimum absolute atomic E-state index is 0.0782. The Labute approximate surface area is 386 Å². The van der Waals surface area contributed by atoms with E-state index in [0.29, 0.717) is 55.5 Å². The Hall–Kier alpha value is -4.57. The number of anilines is 5. The van der Waals surface area contributed by atoms with Crippen molar-refractivity contribution in [2.75, 3.05) is 75.4 Å². The van der Waals surface area contributed by atoms with Crippen LogP contribution in [-0.4, -0.2) is 84.7 Å². The van der Waals surface area contributed by atoms with Crippen LogP contribution < -0.4 is 26.1 Å². The highest BCUT2D eigenvalue weighted by Crippen LogP contribution is 2.43. The molecule has 21 heteroatoms. The van der Waals surface area contributed by atoms with Gasteiger partial charge in [0.2, 0.25) is 11.9 Å². The van der Waals surface area contributed by atoms with Crippen LogP contribution in [-0.2, 0) is 27.9 Å². The summed E-state index contributed by atoms with van der Waals surface area (Å²) in [7, 11) is -3.10. The molecule has 3 heterocycles. The van der Waals surface area contributed by atoms with Gasteiger partial charge in [-0.05, 0) is 118 Å². The Morgan fingerprint density at radius 2 is 1.15 bits per heavy atom. The molecule has 0 bridgehead atoms. The molecule has 65 heavy (non-hydrogen) atoms.